The number of ether oxygens (including phenoxy) is 1. The van der Waals surface area contributed by atoms with Crippen LogP contribution in [0.1, 0.15) is 51.9 Å². The summed E-state index contributed by atoms with van der Waals surface area (Å²) in [4.78, 5) is 17.0. The van der Waals surface area contributed by atoms with Crippen molar-refractivity contribution in [2.45, 2.75) is 58.1 Å². The van der Waals surface area contributed by atoms with Gasteiger partial charge in [0.1, 0.15) is 5.75 Å². The summed E-state index contributed by atoms with van der Waals surface area (Å²) in [6.45, 7) is 9.70. The lowest BCUT2D eigenvalue weighted by Crippen LogP contribution is -2.47. The molecule has 3 rings (SSSR count). The topological polar surface area (TPSA) is 77.2 Å². The largest absolute Gasteiger partial charge is 0.480 e. The van der Waals surface area contributed by atoms with E-state index in [1.165, 1.54) is 0 Å². The van der Waals surface area contributed by atoms with Crippen LogP contribution in [-0.2, 0) is 22.2 Å². The van der Waals surface area contributed by atoms with Crippen LogP contribution in [0.5, 0.6) is 5.75 Å². The van der Waals surface area contributed by atoms with Gasteiger partial charge in [0.2, 0.25) is 5.89 Å². The third-order valence-electron chi connectivity index (χ3n) is 4.00. The average Bonchev–Trinajstić information content (AvgIpc) is 3.13. The smallest absolute Gasteiger partial charge is 0.262 e. The second kappa shape index (κ2) is 5.61. The fourth-order valence-electron chi connectivity index (χ4n) is 2.55. The van der Waals surface area contributed by atoms with E-state index in [0.717, 1.165) is 11.3 Å². The van der Waals surface area contributed by atoms with Crippen molar-refractivity contribution in [2.75, 3.05) is 0 Å². The summed E-state index contributed by atoms with van der Waals surface area (Å²) >= 11 is 0. The molecule has 0 unspecified atom stereocenters. The van der Waals surface area contributed by atoms with Crippen molar-refractivity contribution in [3.05, 3.63) is 41.5 Å². The van der Waals surface area contributed by atoms with Crippen molar-refractivity contribution in [1.29, 1.82) is 0 Å². The van der Waals surface area contributed by atoms with Gasteiger partial charge in [0, 0.05) is 11.8 Å². The van der Waals surface area contributed by atoms with Crippen molar-refractivity contribution in [2.24, 2.45) is 0 Å². The van der Waals surface area contributed by atoms with Crippen molar-refractivity contribution in [1.82, 2.24) is 15.5 Å². The van der Waals surface area contributed by atoms with Gasteiger partial charge in [-0.15, -0.1) is 0 Å². The van der Waals surface area contributed by atoms with Crippen molar-refractivity contribution in [3.8, 4) is 5.75 Å². The number of carbonyl (C=O) groups excluding carboxylic acids is 1. The minimum absolute atomic E-state index is 0.182. The lowest BCUT2D eigenvalue weighted by molar-refractivity contribution is -0.129. The van der Waals surface area contributed by atoms with Crippen LogP contribution >= 0.6 is 0 Å². The van der Waals surface area contributed by atoms with Crippen LogP contribution in [0, 0.1) is 0 Å². The van der Waals surface area contributed by atoms with Gasteiger partial charge in [-0.3, -0.25) is 4.79 Å². The number of para-hydroxylation sites is 1. The molecule has 1 aromatic carbocycles. The summed E-state index contributed by atoms with van der Waals surface area (Å²) in [6.07, 6.45) is 0.0352. The Labute approximate surface area is 141 Å². The first-order chi connectivity index (χ1) is 11.2. The quantitative estimate of drug-likeness (QED) is 0.937. The molecule has 6 nitrogen and oxygen atoms in total. The molecule has 1 atom stereocenters. The predicted octanol–water partition coefficient (Wildman–Crippen LogP) is 2.72. The highest BCUT2D eigenvalue weighted by molar-refractivity contribution is 5.83. The number of rotatable bonds is 3. The van der Waals surface area contributed by atoms with Crippen LogP contribution in [0.4, 0.5) is 0 Å². The molecule has 128 valence electrons. The number of aromatic nitrogens is 2. The van der Waals surface area contributed by atoms with Crippen molar-refractivity contribution < 1.29 is 14.1 Å². The van der Waals surface area contributed by atoms with Gasteiger partial charge in [-0.1, -0.05) is 44.1 Å². The molecule has 1 N–H and O–H groups in total. The highest BCUT2D eigenvalue weighted by Gasteiger charge is 2.36. The summed E-state index contributed by atoms with van der Waals surface area (Å²) in [6, 6.07) is 7.70. The molecule has 0 saturated carbocycles. The number of nitrogens with one attached hydrogen (secondary N) is 1. The highest BCUT2D eigenvalue weighted by atomic mass is 16.5. The first-order valence-corrected chi connectivity index (χ1v) is 8.08. The molecule has 0 spiro atoms. The number of carbonyl (C=O) groups is 1. The maximum absolute atomic E-state index is 12.6. The van der Waals surface area contributed by atoms with E-state index in [-0.39, 0.29) is 11.3 Å². The zero-order valence-corrected chi connectivity index (χ0v) is 14.7. The van der Waals surface area contributed by atoms with Crippen LogP contribution in [0.2, 0.25) is 0 Å². The highest BCUT2D eigenvalue weighted by Crippen LogP contribution is 2.29. The number of hydrogen-bond donors (Lipinski definition) is 1. The molecule has 0 fully saturated rings. The molecule has 2 heterocycles. The van der Waals surface area contributed by atoms with Crippen LogP contribution < -0.4 is 10.1 Å². The van der Waals surface area contributed by atoms with Crippen LogP contribution in [0.3, 0.4) is 0 Å². The lowest BCUT2D eigenvalue weighted by atomic mass is 9.96. The van der Waals surface area contributed by atoms with Gasteiger partial charge in [-0.25, -0.2) is 0 Å². The third kappa shape index (κ3) is 3.13. The van der Waals surface area contributed by atoms with Gasteiger partial charge in [0.15, 0.2) is 11.9 Å². The van der Waals surface area contributed by atoms with Gasteiger partial charge in [0.25, 0.3) is 5.91 Å². The third-order valence-corrected chi connectivity index (χ3v) is 4.00. The molecule has 1 amide bonds. The van der Waals surface area contributed by atoms with E-state index < -0.39 is 11.6 Å². The van der Waals surface area contributed by atoms with Crippen molar-refractivity contribution in [3.63, 3.8) is 0 Å². The minimum atomic E-state index is -0.748. The number of benzene rings is 1. The Morgan fingerprint density at radius 2 is 1.92 bits per heavy atom. The SMILES string of the molecule is CC(C)(C)c1nc(C(C)(C)NC(=O)[C@H]2Cc3ccccc3O2)no1. The summed E-state index contributed by atoms with van der Waals surface area (Å²) in [5, 5.41) is 7.00. The van der Waals surface area contributed by atoms with E-state index in [4.69, 9.17) is 9.26 Å². The first kappa shape index (κ1) is 16.5. The Hall–Kier alpha value is -2.37. The number of nitrogens with zero attached hydrogens (tertiary/aromatic N) is 2. The van der Waals surface area contributed by atoms with Gasteiger partial charge in [-0.05, 0) is 25.5 Å². The molecule has 0 radical (unpaired) electrons. The van der Waals surface area contributed by atoms with E-state index in [1.807, 2.05) is 58.9 Å². The standard InChI is InChI=1S/C18H23N3O3/c1-17(2,3)16-19-15(21-24-16)18(4,5)20-14(22)13-10-11-8-6-7-9-12(11)23-13/h6-9,13H,10H2,1-5H3,(H,20,22)/t13-/m1/s1. The van der Waals surface area contributed by atoms with Gasteiger partial charge in [0.05, 0.1) is 5.54 Å². The Morgan fingerprint density at radius 3 is 2.54 bits per heavy atom. The molecular weight excluding hydrogens is 306 g/mol. The monoisotopic (exact) mass is 329 g/mol. The summed E-state index contributed by atoms with van der Waals surface area (Å²) in [5.74, 6) is 1.59. The molecule has 6 heteroatoms. The fraction of sp³-hybridized carbons (Fsp3) is 0.500. The zero-order valence-electron chi connectivity index (χ0n) is 14.7. The van der Waals surface area contributed by atoms with E-state index in [9.17, 15) is 4.79 Å². The molecule has 2 aromatic rings. The number of amides is 1. The Kier molecular flexibility index (Phi) is 3.86. The number of hydrogen-bond acceptors (Lipinski definition) is 5. The first-order valence-electron chi connectivity index (χ1n) is 8.08. The second-order valence-corrected chi connectivity index (χ2v) is 7.71. The maximum Gasteiger partial charge on any atom is 0.262 e. The molecule has 0 saturated heterocycles. The maximum atomic E-state index is 12.6. The summed E-state index contributed by atoms with van der Waals surface area (Å²) < 4.78 is 11.1. The average molecular weight is 329 g/mol. The van der Waals surface area contributed by atoms with E-state index in [2.05, 4.69) is 15.5 Å². The van der Waals surface area contributed by atoms with Gasteiger partial charge < -0.3 is 14.6 Å². The van der Waals surface area contributed by atoms with Gasteiger partial charge in [-0.2, -0.15) is 4.98 Å². The molecule has 24 heavy (non-hydrogen) atoms. The molecule has 0 aliphatic carbocycles. The summed E-state index contributed by atoms with van der Waals surface area (Å²) in [5.41, 5.74) is 0.0640. The van der Waals surface area contributed by atoms with E-state index in [1.54, 1.807) is 0 Å². The molecule has 1 aromatic heterocycles. The lowest BCUT2D eigenvalue weighted by Gasteiger charge is -2.24. The van der Waals surface area contributed by atoms with E-state index in [0.29, 0.717) is 18.1 Å². The van der Waals surface area contributed by atoms with Crippen molar-refractivity contribution >= 4 is 5.91 Å². The molecule has 1 aliphatic rings. The Morgan fingerprint density at radius 1 is 1.21 bits per heavy atom. The predicted molar refractivity (Wildman–Crippen MR) is 88.7 cm³/mol. The Bertz CT molecular complexity index is 734. The normalized spacial score (nSPS) is 17.3. The Balaban J connectivity index is 1.71. The molecular formula is C18H23N3O3. The summed E-state index contributed by atoms with van der Waals surface area (Å²) in [7, 11) is 0. The number of fused-ring (bicyclic) bond motifs is 1. The van der Waals surface area contributed by atoms with Gasteiger partial charge >= 0.3 is 0 Å². The molecule has 0 bridgehead atoms. The van der Waals surface area contributed by atoms with E-state index >= 15 is 0 Å². The van der Waals surface area contributed by atoms with Crippen LogP contribution in [0.25, 0.3) is 0 Å². The second-order valence-electron chi connectivity index (χ2n) is 7.71. The zero-order chi connectivity index (χ0) is 17.5. The van der Waals surface area contributed by atoms with Crippen LogP contribution in [-0.4, -0.2) is 22.2 Å². The molecule has 1 aliphatic heterocycles. The van der Waals surface area contributed by atoms with Crippen LogP contribution in [0.15, 0.2) is 28.8 Å². The fourth-order valence-corrected chi connectivity index (χ4v) is 2.55. The minimum Gasteiger partial charge on any atom is -0.480 e.